The summed E-state index contributed by atoms with van der Waals surface area (Å²) in [5.41, 5.74) is 3.78. The smallest absolute Gasteiger partial charge is 0.270 e. The molecule has 1 amide bonds. The maximum Gasteiger partial charge on any atom is 0.270 e. The number of nitrogens with zero attached hydrogens (tertiary/aromatic N) is 3. The van der Waals surface area contributed by atoms with Gasteiger partial charge in [0.15, 0.2) is 5.78 Å². The normalized spacial score (nSPS) is 13.9. The number of halogens is 1. The molecular weight excluding hydrogens is 429 g/mol. The fraction of sp³-hybridized carbons (Fsp3) is 0.214. The van der Waals surface area contributed by atoms with E-state index in [-0.39, 0.29) is 17.5 Å². The van der Waals surface area contributed by atoms with Crippen LogP contribution in [0.3, 0.4) is 0 Å². The van der Waals surface area contributed by atoms with Crippen LogP contribution < -0.4 is 4.90 Å². The third-order valence-electron chi connectivity index (χ3n) is 6.52. The summed E-state index contributed by atoms with van der Waals surface area (Å²) < 4.78 is 16.3. The van der Waals surface area contributed by atoms with Crippen LogP contribution in [0.15, 0.2) is 78.9 Å². The Balaban J connectivity index is 1.37. The molecule has 5 rings (SSSR count). The van der Waals surface area contributed by atoms with E-state index < -0.39 is 0 Å². The highest BCUT2D eigenvalue weighted by atomic mass is 19.1. The number of carbonyl (C=O) groups is 2. The van der Waals surface area contributed by atoms with Crippen molar-refractivity contribution in [3.05, 3.63) is 102 Å². The lowest BCUT2D eigenvalue weighted by molar-refractivity contribution is 0.0736. The van der Waals surface area contributed by atoms with Crippen molar-refractivity contribution in [3.8, 4) is 0 Å². The molecule has 0 aliphatic carbocycles. The lowest BCUT2D eigenvalue weighted by Gasteiger charge is -2.36. The Morgan fingerprint density at radius 3 is 2.24 bits per heavy atom. The first-order valence-corrected chi connectivity index (χ1v) is 11.5. The van der Waals surface area contributed by atoms with Crippen molar-refractivity contribution >= 4 is 28.3 Å². The van der Waals surface area contributed by atoms with Gasteiger partial charge in [0.25, 0.3) is 5.91 Å². The first-order valence-electron chi connectivity index (χ1n) is 11.5. The van der Waals surface area contributed by atoms with Crippen LogP contribution in [0.4, 0.5) is 10.1 Å². The number of para-hydroxylation sites is 1. The molecule has 172 valence electrons. The fourth-order valence-corrected chi connectivity index (χ4v) is 4.59. The Morgan fingerprint density at radius 2 is 1.53 bits per heavy atom. The summed E-state index contributed by atoms with van der Waals surface area (Å²) in [6.45, 7) is 4.45. The molecule has 0 unspecified atom stereocenters. The van der Waals surface area contributed by atoms with Gasteiger partial charge in [-0.15, -0.1) is 0 Å². The first kappa shape index (κ1) is 21.9. The molecule has 0 N–H and O–H groups in total. The second-order valence-electron chi connectivity index (χ2n) is 8.65. The topological polar surface area (TPSA) is 45.6 Å². The van der Waals surface area contributed by atoms with Crippen molar-refractivity contribution in [2.45, 2.75) is 13.5 Å². The largest absolute Gasteiger partial charge is 0.368 e. The van der Waals surface area contributed by atoms with Gasteiger partial charge in [-0.1, -0.05) is 36.4 Å². The molecule has 1 aliphatic rings. The number of rotatable bonds is 5. The Morgan fingerprint density at radius 1 is 0.853 bits per heavy atom. The summed E-state index contributed by atoms with van der Waals surface area (Å²) in [5.74, 6) is -0.269. The van der Waals surface area contributed by atoms with Crippen molar-refractivity contribution in [2.75, 3.05) is 31.1 Å². The molecule has 6 heteroatoms. The molecule has 1 saturated heterocycles. The molecule has 5 nitrogen and oxygen atoms in total. The number of anilines is 1. The maximum atomic E-state index is 14.4. The maximum absolute atomic E-state index is 14.4. The van der Waals surface area contributed by atoms with E-state index in [4.69, 9.17) is 0 Å². The summed E-state index contributed by atoms with van der Waals surface area (Å²) >= 11 is 0. The third kappa shape index (κ3) is 4.19. The number of Topliss-reactive ketones (excluding diaryl/α,β-unsaturated/α-hetero) is 1. The summed E-state index contributed by atoms with van der Waals surface area (Å²) in [6.07, 6.45) is 0. The standard InChI is InChI=1S/C28H26FN3O2/c1-20(33)21-10-12-24(13-11-21)30-14-16-31(17-15-30)28(34)27-18-22-6-3-5-9-26(22)32(27)19-23-7-2-4-8-25(23)29/h2-13,18H,14-17,19H2,1H3. The highest BCUT2D eigenvalue weighted by Crippen LogP contribution is 2.25. The lowest BCUT2D eigenvalue weighted by Crippen LogP contribution is -2.49. The van der Waals surface area contributed by atoms with Gasteiger partial charge in [0.2, 0.25) is 0 Å². The Bertz CT molecular complexity index is 1350. The molecular formula is C28H26FN3O2. The van der Waals surface area contributed by atoms with Crippen LogP contribution in [-0.4, -0.2) is 47.3 Å². The predicted molar refractivity (Wildman–Crippen MR) is 132 cm³/mol. The van der Waals surface area contributed by atoms with E-state index in [1.165, 1.54) is 6.07 Å². The van der Waals surface area contributed by atoms with E-state index in [2.05, 4.69) is 4.90 Å². The number of hydrogen-bond donors (Lipinski definition) is 0. The average molecular weight is 456 g/mol. The number of aromatic nitrogens is 1. The molecule has 2 heterocycles. The van der Waals surface area contributed by atoms with Gasteiger partial charge in [0.05, 0.1) is 6.54 Å². The van der Waals surface area contributed by atoms with Crippen molar-refractivity contribution in [2.24, 2.45) is 0 Å². The van der Waals surface area contributed by atoms with Gasteiger partial charge in [-0.2, -0.15) is 0 Å². The van der Waals surface area contributed by atoms with Crippen molar-refractivity contribution in [3.63, 3.8) is 0 Å². The highest BCUT2D eigenvalue weighted by Gasteiger charge is 2.26. The van der Waals surface area contributed by atoms with Gasteiger partial charge in [0.1, 0.15) is 11.5 Å². The van der Waals surface area contributed by atoms with Crippen molar-refractivity contribution in [1.82, 2.24) is 9.47 Å². The molecule has 0 radical (unpaired) electrons. The van der Waals surface area contributed by atoms with Crippen molar-refractivity contribution in [1.29, 1.82) is 0 Å². The predicted octanol–water partition coefficient (Wildman–Crippen LogP) is 4.99. The Kier molecular flexibility index (Phi) is 5.88. The zero-order chi connectivity index (χ0) is 23.7. The van der Waals surface area contributed by atoms with E-state index in [1.807, 2.05) is 70.1 Å². The molecule has 0 spiro atoms. The van der Waals surface area contributed by atoms with Gasteiger partial charge in [-0.05, 0) is 49.4 Å². The fourth-order valence-electron chi connectivity index (χ4n) is 4.59. The summed E-state index contributed by atoms with van der Waals surface area (Å²) in [7, 11) is 0. The Labute approximate surface area is 198 Å². The quantitative estimate of drug-likeness (QED) is 0.398. The van der Waals surface area contributed by atoms with Crippen molar-refractivity contribution < 1.29 is 14.0 Å². The summed E-state index contributed by atoms with van der Waals surface area (Å²) in [4.78, 5) is 29.2. The molecule has 3 aromatic carbocycles. The van der Waals surface area contributed by atoms with E-state index in [9.17, 15) is 14.0 Å². The minimum atomic E-state index is -0.275. The first-order chi connectivity index (χ1) is 16.5. The number of benzene rings is 3. The third-order valence-corrected chi connectivity index (χ3v) is 6.52. The minimum absolute atomic E-state index is 0.0425. The zero-order valence-corrected chi connectivity index (χ0v) is 19.1. The number of ketones is 1. The monoisotopic (exact) mass is 455 g/mol. The lowest BCUT2D eigenvalue weighted by atomic mass is 10.1. The molecule has 1 aromatic heterocycles. The van der Waals surface area contributed by atoms with E-state index in [0.717, 1.165) is 16.6 Å². The molecule has 0 atom stereocenters. The number of carbonyl (C=O) groups excluding carboxylic acids is 2. The minimum Gasteiger partial charge on any atom is -0.368 e. The van der Waals surface area contributed by atoms with Crippen LogP contribution in [0.2, 0.25) is 0 Å². The number of fused-ring (bicyclic) bond motifs is 1. The van der Waals surface area contributed by atoms with Crippen LogP contribution in [0.25, 0.3) is 10.9 Å². The van der Waals surface area contributed by atoms with E-state index in [1.54, 1.807) is 19.1 Å². The van der Waals surface area contributed by atoms with E-state index >= 15 is 0 Å². The van der Waals surface area contributed by atoms with Gasteiger partial charge in [-0.3, -0.25) is 9.59 Å². The van der Waals surface area contributed by atoms with E-state index in [0.29, 0.717) is 49.5 Å². The van der Waals surface area contributed by atoms with Crippen LogP contribution >= 0.6 is 0 Å². The van der Waals surface area contributed by atoms with Gasteiger partial charge in [-0.25, -0.2) is 4.39 Å². The second-order valence-corrected chi connectivity index (χ2v) is 8.65. The number of hydrogen-bond acceptors (Lipinski definition) is 3. The molecule has 4 aromatic rings. The molecule has 1 aliphatic heterocycles. The molecule has 0 bridgehead atoms. The van der Waals surface area contributed by atoms with Gasteiger partial charge >= 0.3 is 0 Å². The average Bonchev–Trinajstić information content (AvgIpc) is 3.23. The SMILES string of the molecule is CC(=O)c1ccc(N2CCN(C(=O)c3cc4ccccc4n3Cc3ccccc3F)CC2)cc1. The van der Waals surface area contributed by atoms with Crippen LogP contribution in [-0.2, 0) is 6.54 Å². The molecule has 34 heavy (non-hydrogen) atoms. The number of amides is 1. The van der Waals surface area contributed by atoms with Crippen LogP contribution in [0.5, 0.6) is 0 Å². The highest BCUT2D eigenvalue weighted by molar-refractivity contribution is 5.99. The molecule has 0 saturated carbocycles. The zero-order valence-electron chi connectivity index (χ0n) is 19.1. The second kappa shape index (κ2) is 9.14. The van der Waals surface area contributed by atoms with Gasteiger partial charge < -0.3 is 14.4 Å². The Hall–Kier alpha value is -3.93. The van der Waals surface area contributed by atoms with Gasteiger partial charge in [0, 0.05) is 53.9 Å². The molecule has 1 fully saturated rings. The number of piperazine rings is 1. The summed E-state index contributed by atoms with van der Waals surface area (Å²) in [6, 6.07) is 24.0. The van der Waals surface area contributed by atoms with Crippen LogP contribution in [0, 0.1) is 5.82 Å². The summed E-state index contributed by atoms with van der Waals surface area (Å²) in [5, 5.41) is 0.964. The van der Waals surface area contributed by atoms with Crippen LogP contribution in [0.1, 0.15) is 33.3 Å².